The number of fused-ring (bicyclic) bond motifs is 1. The number of benzene rings is 1. The fraction of sp³-hybridized carbons (Fsp3) is 0.412. The van der Waals surface area contributed by atoms with Crippen LogP contribution in [0.2, 0.25) is 0 Å². The van der Waals surface area contributed by atoms with Crippen molar-refractivity contribution in [3.8, 4) is 0 Å². The first-order chi connectivity index (χ1) is 10.2. The van der Waals surface area contributed by atoms with E-state index in [9.17, 15) is 0 Å². The van der Waals surface area contributed by atoms with Crippen LogP contribution in [0.1, 0.15) is 32.1 Å². The van der Waals surface area contributed by atoms with Gasteiger partial charge in [0, 0.05) is 23.5 Å². The molecular weight excluding hydrogens is 278 g/mol. The van der Waals surface area contributed by atoms with Gasteiger partial charge < -0.3 is 11.1 Å². The SMILES string of the molecule is NC(C(=S)Nc1ccc2cnccc2c1)C1CCCCC1. The Kier molecular flexibility index (Phi) is 4.46. The van der Waals surface area contributed by atoms with Crippen LogP contribution in [-0.4, -0.2) is 16.0 Å². The van der Waals surface area contributed by atoms with E-state index >= 15 is 0 Å². The normalized spacial score (nSPS) is 17.6. The average Bonchev–Trinajstić information content (AvgIpc) is 2.55. The van der Waals surface area contributed by atoms with Gasteiger partial charge in [-0.2, -0.15) is 0 Å². The number of nitrogens with two attached hydrogens (primary N) is 1. The molecule has 1 aliphatic rings. The van der Waals surface area contributed by atoms with E-state index in [1.807, 2.05) is 18.3 Å². The second kappa shape index (κ2) is 6.50. The second-order valence-electron chi connectivity index (χ2n) is 5.85. The zero-order valence-electron chi connectivity index (χ0n) is 12.1. The molecule has 0 radical (unpaired) electrons. The summed E-state index contributed by atoms with van der Waals surface area (Å²) in [5.74, 6) is 0.531. The quantitative estimate of drug-likeness (QED) is 0.844. The number of thiocarbonyl (C=S) groups is 1. The Morgan fingerprint density at radius 3 is 2.81 bits per heavy atom. The van der Waals surface area contributed by atoms with Crippen molar-refractivity contribution in [3.05, 3.63) is 36.7 Å². The summed E-state index contributed by atoms with van der Waals surface area (Å²) >= 11 is 5.51. The molecule has 1 aliphatic carbocycles. The molecule has 0 aliphatic heterocycles. The Balaban J connectivity index is 1.70. The molecule has 1 unspecified atom stereocenters. The van der Waals surface area contributed by atoms with Gasteiger partial charge in [0.25, 0.3) is 0 Å². The summed E-state index contributed by atoms with van der Waals surface area (Å²) in [4.78, 5) is 4.89. The van der Waals surface area contributed by atoms with Crippen LogP contribution in [0.5, 0.6) is 0 Å². The Bertz CT molecular complexity index is 635. The lowest BCUT2D eigenvalue weighted by molar-refractivity contribution is 0.342. The van der Waals surface area contributed by atoms with Crippen molar-refractivity contribution in [1.29, 1.82) is 0 Å². The maximum absolute atomic E-state index is 6.34. The van der Waals surface area contributed by atoms with Crippen molar-refractivity contribution in [2.45, 2.75) is 38.1 Å². The van der Waals surface area contributed by atoms with Crippen LogP contribution in [0.4, 0.5) is 5.69 Å². The van der Waals surface area contributed by atoms with E-state index in [1.54, 1.807) is 6.20 Å². The molecule has 1 heterocycles. The lowest BCUT2D eigenvalue weighted by Crippen LogP contribution is -2.41. The van der Waals surface area contributed by atoms with Gasteiger partial charge in [0.2, 0.25) is 0 Å². The molecule has 0 saturated heterocycles. The topological polar surface area (TPSA) is 50.9 Å². The molecule has 1 saturated carbocycles. The van der Waals surface area contributed by atoms with Gasteiger partial charge in [-0.3, -0.25) is 4.98 Å². The van der Waals surface area contributed by atoms with Crippen LogP contribution in [-0.2, 0) is 0 Å². The van der Waals surface area contributed by atoms with Gasteiger partial charge in [0.05, 0.1) is 11.0 Å². The van der Waals surface area contributed by atoms with Crippen molar-refractivity contribution < 1.29 is 0 Å². The lowest BCUT2D eigenvalue weighted by Gasteiger charge is -2.28. The number of anilines is 1. The molecule has 1 fully saturated rings. The first-order valence-electron chi connectivity index (χ1n) is 7.64. The number of hydrogen-bond donors (Lipinski definition) is 2. The highest BCUT2D eigenvalue weighted by Crippen LogP contribution is 2.27. The molecule has 3 nitrogen and oxygen atoms in total. The molecule has 0 bridgehead atoms. The first-order valence-corrected chi connectivity index (χ1v) is 8.05. The van der Waals surface area contributed by atoms with Gasteiger partial charge in [0.1, 0.15) is 0 Å². The maximum atomic E-state index is 6.34. The summed E-state index contributed by atoms with van der Waals surface area (Å²) in [6.07, 6.45) is 9.97. The van der Waals surface area contributed by atoms with E-state index in [0.717, 1.165) is 21.4 Å². The highest BCUT2D eigenvalue weighted by Gasteiger charge is 2.23. The van der Waals surface area contributed by atoms with E-state index in [-0.39, 0.29) is 6.04 Å². The van der Waals surface area contributed by atoms with Gasteiger partial charge in [-0.15, -0.1) is 0 Å². The standard InChI is InChI=1S/C17H21N3S/c18-16(12-4-2-1-3-5-12)17(21)20-15-7-6-14-11-19-9-8-13(14)10-15/h6-12,16H,1-5,18H2,(H,20,21). The molecule has 2 aromatic rings. The number of rotatable bonds is 3. The maximum Gasteiger partial charge on any atom is 0.0970 e. The predicted molar refractivity (Wildman–Crippen MR) is 92.5 cm³/mol. The van der Waals surface area contributed by atoms with E-state index in [1.165, 1.54) is 32.1 Å². The number of pyridine rings is 1. The van der Waals surface area contributed by atoms with Crippen LogP contribution < -0.4 is 11.1 Å². The molecule has 4 heteroatoms. The highest BCUT2D eigenvalue weighted by atomic mass is 32.1. The van der Waals surface area contributed by atoms with Crippen molar-refractivity contribution in [3.63, 3.8) is 0 Å². The van der Waals surface area contributed by atoms with Crippen molar-refractivity contribution in [1.82, 2.24) is 4.98 Å². The highest BCUT2D eigenvalue weighted by molar-refractivity contribution is 7.80. The molecule has 110 valence electrons. The Morgan fingerprint density at radius 2 is 2.00 bits per heavy atom. The van der Waals surface area contributed by atoms with E-state index in [2.05, 4.69) is 22.4 Å². The third-order valence-electron chi connectivity index (χ3n) is 4.37. The van der Waals surface area contributed by atoms with Crippen LogP contribution in [0.15, 0.2) is 36.7 Å². The summed E-state index contributed by atoms with van der Waals surface area (Å²) in [5, 5.41) is 5.60. The number of nitrogens with zero attached hydrogens (tertiary/aromatic N) is 1. The number of hydrogen-bond acceptors (Lipinski definition) is 3. The number of nitrogens with one attached hydrogen (secondary N) is 1. The molecule has 3 rings (SSSR count). The minimum Gasteiger partial charge on any atom is -0.349 e. The third-order valence-corrected chi connectivity index (χ3v) is 4.74. The van der Waals surface area contributed by atoms with Crippen molar-refractivity contribution in [2.24, 2.45) is 11.7 Å². The molecule has 1 aromatic heterocycles. The van der Waals surface area contributed by atoms with Gasteiger partial charge in [-0.25, -0.2) is 0 Å². The monoisotopic (exact) mass is 299 g/mol. The van der Waals surface area contributed by atoms with Crippen LogP contribution in [0.3, 0.4) is 0 Å². The fourth-order valence-electron chi connectivity index (χ4n) is 3.09. The van der Waals surface area contributed by atoms with Gasteiger partial charge >= 0.3 is 0 Å². The second-order valence-corrected chi connectivity index (χ2v) is 6.29. The Labute approximate surface area is 130 Å². The average molecular weight is 299 g/mol. The summed E-state index contributed by atoms with van der Waals surface area (Å²) in [6, 6.07) is 8.15. The third kappa shape index (κ3) is 3.39. The van der Waals surface area contributed by atoms with Crippen LogP contribution >= 0.6 is 12.2 Å². The zero-order valence-corrected chi connectivity index (χ0v) is 12.9. The summed E-state index contributed by atoms with van der Waals surface area (Å²) < 4.78 is 0. The Hall–Kier alpha value is -1.52. The molecule has 0 spiro atoms. The first kappa shape index (κ1) is 14.4. The lowest BCUT2D eigenvalue weighted by atomic mass is 9.84. The zero-order chi connectivity index (χ0) is 14.7. The fourth-order valence-corrected chi connectivity index (χ4v) is 3.40. The summed E-state index contributed by atoms with van der Waals surface area (Å²) in [5.41, 5.74) is 7.34. The molecule has 3 N–H and O–H groups in total. The molecule has 0 amide bonds. The molecule has 21 heavy (non-hydrogen) atoms. The minimum absolute atomic E-state index is 0.0339. The Morgan fingerprint density at radius 1 is 1.19 bits per heavy atom. The van der Waals surface area contributed by atoms with E-state index in [4.69, 9.17) is 18.0 Å². The molecular formula is C17H21N3S. The minimum atomic E-state index is -0.0339. The van der Waals surface area contributed by atoms with E-state index < -0.39 is 0 Å². The summed E-state index contributed by atoms with van der Waals surface area (Å²) in [6.45, 7) is 0. The van der Waals surface area contributed by atoms with Gasteiger partial charge in [-0.1, -0.05) is 37.5 Å². The smallest absolute Gasteiger partial charge is 0.0970 e. The van der Waals surface area contributed by atoms with Crippen molar-refractivity contribution in [2.75, 3.05) is 5.32 Å². The van der Waals surface area contributed by atoms with Crippen molar-refractivity contribution >= 4 is 33.7 Å². The molecule has 1 aromatic carbocycles. The largest absolute Gasteiger partial charge is 0.349 e. The molecule has 1 atom stereocenters. The summed E-state index contributed by atoms with van der Waals surface area (Å²) in [7, 11) is 0. The van der Waals surface area contributed by atoms with Gasteiger partial charge in [0.15, 0.2) is 0 Å². The van der Waals surface area contributed by atoms with Gasteiger partial charge in [-0.05, 0) is 42.3 Å². The van der Waals surface area contributed by atoms with Crippen LogP contribution in [0.25, 0.3) is 10.8 Å². The number of aromatic nitrogens is 1. The van der Waals surface area contributed by atoms with E-state index in [0.29, 0.717) is 5.92 Å². The van der Waals surface area contributed by atoms with Crippen LogP contribution in [0, 0.1) is 5.92 Å². The predicted octanol–water partition coefficient (Wildman–Crippen LogP) is 3.88.